The van der Waals surface area contributed by atoms with Crippen LogP contribution >= 0.6 is 0 Å². The maximum atomic E-state index is 13.3. The zero-order chi connectivity index (χ0) is 22.6. The van der Waals surface area contributed by atoms with Gasteiger partial charge in [0, 0.05) is 50.8 Å². The minimum absolute atomic E-state index is 0.0839. The molecule has 3 aromatic rings. The fraction of sp³-hybridized carbons (Fsp3) is 0.333. The molecule has 1 aromatic carbocycles. The van der Waals surface area contributed by atoms with Crippen LogP contribution in [0.1, 0.15) is 17.7 Å². The number of fused-ring (bicyclic) bond motifs is 1. The van der Waals surface area contributed by atoms with Crippen LogP contribution in [0.4, 0.5) is 22.2 Å². The van der Waals surface area contributed by atoms with Crippen LogP contribution in [0.3, 0.4) is 0 Å². The number of piperazine rings is 1. The molecule has 5 rings (SSSR count). The summed E-state index contributed by atoms with van der Waals surface area (Å²) in [5.41, 5.74) is 8.65. The first-order chi connectivity index (χ1) is 16.2. The Labute approximate surface area is 192 Å². The summed E-state index contributed by atoms with van der Waals surface area (Å²) in [6.45, 7) is 3.69. The fourth-order valence-corrected chi connectivity index (χ4v) is 4.39. The largest absolute Gasteiger partial charge is 0.483 e. The number of hydrogen-bond acceptors (Lipinski definition) is 7. The summed E-state index contributed by atoms with van der Waals surface area (Å²) in [5.74, 6) is 1.67. The molecule has 0 aliphatic carbocycles. The third kappa shape index (κ3) is 4.52. The van der Waals surface area contributed by atoms with Crippen LogP contribution in [0, 0.1) is 0 Å². The van der Waals surface area contributed by atoms with Gasteiger partial charge < -0.3 is 20.3 Å². The molecule has 2 aromatic heterocycles. The Morgan fingerprint density at radius 2 is 1.82 bits per heavy atom. The molecule has 1 fully saturated rings. The van der Waals surface area contributed by atoms with Crippen molar-refractivity contribution in [2.45, 2.75) is 19.4 Å². The number of ether oxygens (including phenoxy) is 1. The maximum Gasteiger partial charge on any atom is 0.324 e. The lowest BCUT2D eigenvalue weighted by Crippen LogP contribution is -2.54. The van der Waals surface area contributed by atoms with Crippen molar-refractivity contribution in [3.8, 4) is 5.75 Å². The lowest BCUT2D eigenvalue weighted by Gasteiger charge is -2.39. The summed E-state index contributed by atoms with van der Waals surface area (Å²) in [4.78, 5) is 32.0. The fourth-order valence-electron chi connectivity index (χ4n) is 4.39. The van der Waals surface area contributed by atoms with Crippen molar-refractivity contribution in [3.63, 3.8) is 0 Å². The topological polar surface area (TPSA) is 101 Å². The van der Waals surface area contributed by atoms with E-state index in [9.17, 15) is 4.79 Å². The van der Waals surface area contributed by atoms with E-state index in [2.05, 4.69) is 25.9 Å². The Morgan fingerprint density at radius 1 is 0.970 bits per heavy atom. The average molecular weight is 446 g/mol. The Kier molecular flexibility index (Phi) is 5.93. The third-order valence-corrected chi connectivity index (χ3v) is 6.05. The maximum absolute atomic E-state index is 13.3. The minimum atomic E-state index is 0.0839. The molecule has 33 heavy (non-hydrogen) atoms. The molecule has 170 valence electrons. The van der Waals surface area contributed by atoms with Crippen LogP contribution in [-0.2, 0) is 13.0 Å². The molecule has 2 aliphatic rings. The number of para-hydroxylation sites is 1. The summed E-state index contributed by atoms with van der Waals surface area (Å²) in [6.07, 6.45) is 5.39. The van der Waals surface area contributed by atoms with E-state index in [1.54, 1.807) is 18.5 Å². The number of urea groups is 1. The van der Waals surface area contributed by atoms with Crippen LogP contribution in [0.5, 0.6) is 5.75 Å². The van der Waals surface area contributed by atoms with Gasteiger partial charge in [0.25, 0.3) is 0 Å². The average Bonchev–Trinajstić information content (AvgIpc) is 2.87. The highest BCUT2D eigenvalue weighted by Gasteiger charge is 2.29. The molecule has 0 unspecified atom stereocenters. The van der Waals surface area contributed by atoms with E-state index in [1.165, 1.54) is 5.56 Å². The van der Waals surface area contributed by atoms with Crippen molar-refractivity contribution < 1.29 is 9.53 Å². The van der Waals surface area contributed by atoms with Crippen LogP contribution in [0.2, 0.25) is 0 Å². The predicted molar refractivity (Wildman–Crippen MR) is 126 cm³/mol. The minimum Gasteiger partial charge on any atom is -0.483 e. The van der Waals surface area contributed by atoms with Gasteiger partial charge in [-0.2, -0.15) is 0 Å². The third-order valence-electron chi connectivity index (χ3n) is 6.05. The Bertz CT molecular complexity index is 1130. The number of hydrogen-bond donors (Lipinski definition) is 1. The van der Waals surface area contributed by atoms with Gasteiger partial charge in [0.15, 0.2) is 11.6 Å². The second-order valence-electron chi connectivity index (χ2n) is 8.16. The predicted octanol–water partition coefficient (Wildman–Crippen LogP) is 2.73. The Hall–Kier alpha value is -3.88. The number of nitrogen functional groups attached to an aromatic ring is 1. The zero-order valence-electron chi connectivity index (χ0n) is 18.4. The van der Waals surface area contributed by atoms with E-state index in [-0.39, 0.29) is 18.6 Å². The first-order valence-electron chi connectivity index (χ1n) is 11.2. The van der Waals surface area contributed by atoms with Gasteiger partial charge >= 0.3 is 6.03 Å². The summed E-state index contributed by atoms with van der Waals surface area (Å²) >= 11 is 0. The summed E-state index contributed by atoms with van der Waals surface area (Å²) < 4.78 is 6.00. The first-order valence-corrected chi connectivity index (χ1v) is 11.2. The van der Waals surface area contributed by atoms with Crippen LogP contribution in [-0.4, -0.2) is 58.6 Å². The van der Waals surface area contributed by atoms with E-state index < -0.39 is 0 Å². The van der Waals surface area contributed by atoms with E-state index >= 15 is 0 Å². The van der Waals surface area contributed by atoms with Gasteiger partial charge in [-0.3, -0.25) is 4.90 Å². The molecule has 9 nitrogen and oxygen atoms in total. The van der Waals surface area contributed by atoms with Crippen molar-refractivity contribution in [2.75, 3.05) is 48.3 Å². The van der Waals surface area contributed by atoms with E-state index in [4.69, 9.17) is 10.5 Å². The summed E-state index contributed by atoms with van der Waals surface area (Å²) in [5, 5.41) is 0. The first kappa shape index (κ1) is 21.0. The molecular weight excluding hydrogens is 418 g/mol. The van der Waals surface area contributed by atoms with Gasteiger partial charge in [-0.05, 0) is 42.7 Å². The van der Waals surface area contributed by atoms with Crippen molar-refractivity contribution in [2.24, 2.45) is 0 Å². The number of aryl methyl sites for hydroxylation is 1. The molecular formula is C24H27N7O2. The second-order valence-corrected chi connectivity index (χ2v) is 8.16. The molecule has 0 spiro atoms. The lowest BCUT2D eigenvalue weighted by molar-refractivity contribution is 0.200. The number of nitrogens with zero attached hydrogens (tertiary/aromatic N) is 6. The van der Waals surface area contributed by atoms with Gasteiger partial charge in [0.1, 0.15) is 6.61 Å². The number of nitrogens with two attached hydrogens (primary N) is 1. The number of anilines is 3. The highest BCUT2D eigenvalue weighted by molar-refractivity contribution is 5.93. The Morgan fingerprint density at radius 3 is 2.67 bits per heavy atom. The number of carbonyl (C=O) groups is 1. The van der Waals surface area contributed by atoms with E-state index in [1.807, 2.05) is 40.1 Å². The lowest BCUT2D eigenvalue weighted by atomic mass is 10.0. The van der Waals surface area contributed by atoms with E-state index in [0.29, 0.717) is 37.6 Å². The molecule has 4 heterocycles. The smallest absolute Gasteiger partial charge is 0.324 e. The molecule has 1 saturated heterocycles. The highest BCUT2D eigenvalue weighted by Crippen LogP contribution is 2.30. The normalized spacial score (nSPS) is 15.8. The molecule has 2 aliphatic heterocycles. The van der Waals surface area contributed by atoms with Crippen LogP contribution in [0.25, 0.3) is 0 Å². The molecule has 0 saturated carbocycles. The van der Waals surface area contributed by atoms with Gasteiger partial charge in [0.05, 0.1) is 5.69 Å². The number of pyridine rings is 1. The molecule has 0 atom stereocenters. The van der Waals surface area contributed by atoms with Crippen LogP contribution < -0.4 is 20.3 Å². The monoisotopic (exact) mass is 445 g/mol. The molecule has 0 radical (unpaired) electrons. The highest BCUT2D eigenvalue weighted by atomic mass is 16.5. The van der Waals surface area contributed by atoms with Crippen molar-refractivity contribution >= 4 is 23.5 Å². The Balaban J connectivity index is 1.23. The number of amides is 2. The summed E-state index contributed by atoms with van der Waals surface area (Å²) in [6, 6.07) is 13.8. The van der Waals surface area contributed by atoms with Crippen molar-refractivity contribution in [3.05, 3.63) is 66.1 Å². The zero-order valence-corrected chi connectivity index (χ0v) is 18.4. The van der Waals surface area contributed by atoms with Crippen molar-refractivity contribution in [1.29, 1.82) is 0 Å². The molecule has 0 bridgehead atoms. The van der Waals surface area contributed by atoms with E-state index in [0.717, 1.165) is 30.9 Å². The second kappa shape index (κ2) is 9.32. The SMILES string of the molecule is Nc1nccc(COc2cccnc2N2CCN(C(=O)N3CCCc4ccccc43)CC2)n1. The van der Waals surface area contributed by atoms with Gasteiger partial charge in [-0.15, -0.1) is 0 Å². The number of rotatable bonds is 4. The molecule has 9 heteroatoms. The molecule has 2 N–H and O–H groups in total. The quantitative estimate of drug-likeness (QED) is 0.659. The van der Waals surface area contributed by atoms with Crippen molar-refractivity contribution in [1.82, 2.24) is 19.9 Å². The molecule has 2 amide bonds. The number of aromatic nitrogens is 3. The number of carbonyl (C=O) groups excluding carboxylic acids is 1. The number of benzene rings is 1. The van der Waals surface area contributed by atoms with Gasteiger partial charge in [-0.25, -0.2) is 19.7 Å². The standard InChI is InChI=1S/C24H27N7O2/c25-23-27-11-9-19(28-23)17-33-21-8-3-10-26-22(21)29-13-15-30(16-14-29)24(32)31-12-4-6-18-5-1-2-7-20(18)31/h1-3,5,7-11H,4,6,12-17H2,(H2,25,27,28). The van der Waals surface area contributed by atoms with Crippen LogP contribution in [0.15, 0.2) is 54.9 Å². The van der Waals surface area contributed by atoms with Gasteiger partial charge in [-0.1, -0.05) is 18.2 Å². The summed E-state index contributed by atoms with van der Waals surface area (Å²) in [7, 11) is 0. The van der Waals surface area contributed by atoms with Gasteiger partial charge in [0.2, 0.25) is 5.95 Å².